The van der Waals surface area contributed by atoms with Crippen LogP contribution in [0.25, 0.3) is 0 Å². The van der Waals surface area contributed by atoms with Gasteiger partial charge in [0.15, 0.2) is 5.78 Å². The highest BCUT2D eigenvalue weighted by molar-refractivity contribution is 6.30. The molecular weight excluding hydrogens is 312 g/mol. The number of nitrogens with zero attached hydrogens (tertiary/aromatic N) is 2. The van der Waals surface area contributed by atoms with E-state index in [-0.39, 0.29) is 17.2 Å². The average Bonchev–Trinajstić information content (AvgIpc) is 2.92. The normalized spacial score (nSPS) is 17.2. The van der Waals surface area contributed by atoms with Crippen LogP contribution in [0.5, 0.6) is 0 Å². The monoisotopic (exact) mass is 324 g/mol. The Kier molecular flexibility index (Phi) is 4.02. The van der Waals surface area contributed by atoms with Gasteiger partial charge >= 0.3 is 0 Å². The highest BCUT2D eigenvalue weighted by Gasteiger charge is 2.36. The summed E-state index contributed by atoms with van der Waals surface area (Å²) in [5.41, 5.74) is 10.5. The molecule has 1 aliphatic rings. The second-order valence-electron chi connectivity index (χ2n) is 5.01. The van der Waals surface area contributed by atoms with Crippen LogP contribution in [0.3, 0.4) is 0 Å². The zero-order valence-electron chi connectivity index (χ0n) is 12.0. The number of nitrogens with two attached hydrogens (primary N) is 1. The van der Waals surface area contributed by atoms with Crippen LogP contribution in [-0.2, 0) is 0 Å². The molecule has 23 heavy (non-hydrogen) atoms. The predicted molar refractivity (Wildman–Crippen MR) is 88.5 cm³/mol. The number of hydrazine groups is 1. The lowest BCUT2D eigenvalue weighted by Gasteiger charge is -2.21. The number of nitrogens with one attached hydrogen (secondary N) is 1. The van der Waals surface area contributed by atoms with Crippen molar-refractivity contribution in [1.82, 2.24) is 5.43 Å². The fourth-order valence-corrected chi connectivity index (χ4v) is 2.54. The molecule has 0 aliphatic carbocycles. The average molecular weight is 325 g/mol. The molecule has 0 aromatic heterocycles. The fraction of sp³-hybridized carbons (Fsp3) is 0.0588. The number of Topliss-reactive ketones (excluding diaryl/α,β-unsaturated/α-hetero) is 1. The van der Waals surface area contributed by atoms with Crippen LogP contribution in [0.1, 0.15) is 10.4 Å². The fourth-order valence-electron chi connectivity index (χ4n) is 2.41. The van der Waals surface area contributed by atoms with Gasteiger partial charge in [0.05, 0.1) is 11.3 Å². The van der Waals surface area contributed by atoms with Gasteiger partial charge in [0, 0.05) is 10.6 Å². The Balaban J connectivity index is 1.94. The molecule has 0 radical (unpaired) electrons. The Labute approximate surface area is 138 Å². The highest BCUT2D eigenvalue weighted by atomic mass is 35.5. The zero-order chi connectivity index (χ0) is 16.4. The van der Waals surface area contributed by atoms with Gasteiger partial charge in [-0.05, 0) is 36.4 Å². The number of nitriles is 1. The summed E-state index contributed by atoms with van der Waals surface area (Å²) in [5, 5.41) is 11.5. The molecule has 6 heteroatoms. The van der Waals surface area contributed by atoms with Gasteiger partial charge in [-0.3, -0.25) is 9.80 Å². The van der Waals surface area contributed by atoms with Crippen LogP contribution < -0.4 is 16.2 Å². The van der Waals surface area contributed by atoms with Crippen molar-refractivity contribution in [2.24, 2.45) is 5.73 Å². The Morgan fingerprint density at radius 2 is 1.83 bits per heavy atom. The van der Waals surface area contributed by atoms with Crippen molar-refractivity contribution in [1.29, 1.82) is 5.26 Å². The number of anilines is 1. The van der Waals surface area contributed by atoms with Crippen molar-refractivity contribution in [2.45, 2.75) is 6.04 Å². The van der Waals surface area contributed by atoms with Crippen molar-refractivity contribution in [3.8, 4) is 6.07 Å². The van der Waals surface area contributed by atoms with Gasteiger partial charge in [-0.15, -0.1) is 0 Å². The van der Waals surface area contributed by atoms with E-state index >= 15 is 0 Å². The van der Waals surface area contributed by atoms with Crippen LogP contribution >= 0.6 is 11.6 Å². The molecule has 0 spiro atoms. The van der Waals surface area contributed by atoms with Gasteiger partial charge in [-0.25, -0.2) is 5.43 Å². The summed E-state index contributed by atoms with van der Waals surface area (Å²) in [5.74, 6) is -0.00869. The Morgan fingerprint density at radius 1 is 1.17 bits per heavy atom. The predicted octanol–water partition coefficient (Wildman–Crippen LogP) is 2.61. The van der Waals surface area contributed by atoms with Crippen molar-refractivity contribution < 1.29 is 4.79 Å². The van der Waals surface area contributed by atoms with Crippen LogP contribution in [0.2, 0.25) is 5.02 Å². The van der Waals surface area contributed by atoms with Crippen molar-refractivity contribution >= 4 is 23.1 Å². The maximum Gasteiger partial charge on any atom is 0.186 e. The minimum Gasteiger partial charge on any atom is -0.383 e. The van der Waals surface area contributed by atoms with E-state index in [0.717, 1.165) is 5.69 Å². The largest absolute Gasteiger partial charge is 0.383 e. The molecule has 3 N–H and O–H groups in total. The van der Waals surface area contributed by atoms with Gasteiger partial charge in [-0.2, -0.15) is 5.26 Å². The van der Waals surface area contributed by atoms with E-state index in [0.29, 0.717) is 10.6 Å². The third-order valence-electron chi connectivity index (χ3n) is 3.59. The molecule has 1 atom stereocenters. The first kappa shape index (κ1) is 15.1. The quantitative estimate of drug-likeness (QED) is 0.848. The molecule has 0 fully saturated rings. The summed E-state index contributed by atoms with van der Waals surface area (Å²) in [4.78, 5) is 12.7. The number of ketones is 1. The smallest absolute Gasteiger partial charge is 0.186 e. The van der Waals surface area contributed by atoms with E-state index in [9.17, 15) is 10.1 Å². The molecule has 114 valence electrons. The topological polar surface area (TPSA) is 82.2 Å². The van der Waals surface area contributed by atoms with Crippen molar-refractivity contribution in [2.75, 3.05) is 5.01 Å². The molecule has 2 aromatic carbocycles. The first-order valence-corrected chi connectivity index (χ1v) is 7.30. The second kappa shape index (κ2) is 6.13. The molecule has 0 amide bonds. The minimum atomic E-state index is -0.818. The number of rotatable bonds is 3. The van der Waals surface area contributed by atoms with Crippen LogP contribution in [-0.4, -0.2) is 11.8 Å². The molecule has 5 nitrogen and oxygen atoms in total. The van der Waals surface area contributed by atoms with E-state index in [2.05, 4.69) is 5.43 Å². The highest BCUT2D eigenvalue weighted by Crippen LogP contribution is 2.25. The van der Waals surface area contributed by atoms with E-state index in [1.54, 1.807) is 29.3 Å². The first-order valence-electron chi connectivity index (χ1n) is 6.92. The summed E-state index contributed by atoms with van der Waals surface area (Å²) >= 11 is 5.84. The summed E-state index contributed by atoms with van der Waals surface area (Å²) < 4.78 is 0. The molecule has 0 bridgehead atoms. The lowest BCUT2D eigenvalue weighted by atomic mass is 9.99. The number of para-hydroxylation sites is 1. The number of hydrogen-bond donors (Lipinski definition) is 2. The maximum absolute atomic E-state index is 12.7. The van der Waals surface area contributed by atoms with Crippen LogP contribution in [0.15, 0.2) is 66.0 Å². The molecule has 1 heterocycles. The minimum absolute atomic E-state index is 0.203. The van der Waals surface area contributed by atoms with Crippen LogP contribution in [0.4, 0.5) is 5.69 Å². The SMILES string of the molecule is N#CC1=C(N)N(c2ccccc2)NC1C(=O)c1ccc(Cl)cc1. The van der Waals surface area contributed by atoms with Crippen LogP contribution in [0, 0.1) is 11.3 Å². The van der Waals surface area contributed by atoms with Gasteiger partial charge in [0.2, 0.25) is 0 Å². The maximum atomic E-state index is 12.7. The lowest BCUT2D eigenvalue weighted by molar-refractivity contribution is 0.0964. The van der Waals surface area contributed by atoms with Gasteiger partial charge in [0.1, 0.15) is 17.9 Å². The molecule has 2 aromatic rings. The van der Waals surface area contributed by atoms with Crippen molar-refractivity contribution in [3.05, 3.63) is 76.6 Å². The van der Waals surface area contributed by atoms with Crippen molar-refractivity contribution in [3.63, 3.8) is 0 Å². The first-order chi connectivity index (χ1) is 11.1. The number of halogens is 1. The summed E-state index contributed by atoms with van der Waals surface area (Å²) in [6, 6.07) is 17.0. The molecule has 3 rings (SSSR count). The summed E-state index contributed by atoms with van der Waals surface area (Å²) in [6.45, 7) is 0. The van der Waals surface area contributed by atoms with E-state index < -0.39 is 6.04 Å². The molecule has 0 saturated heterocycles. The molecule has 1 unspecified atom stereocenters. The lowest BCUT2D eigenvalue weighted by Crippen LogP contribution is -2.43. The Morgan fingerprint density at radius 3 is 2.43 bits per heavy atom. The van der Waals surface area contributed by atoms with Gasteiger partial charge in [0.25, 0.3) is 0 Å². The third-order valence-corrected chi connectivity index (χ3v) is 3.84. The number of benzene rings is 2. The zero-order valence-corrected chi connectivity index (χ0v) is 12.8. The summed E-state index contributed by atoms with van der Waals surface area (Å²) in [6.07, 6.45) is 0. The standard InChI is InChI=1S/C17H13ClN4O/c18-12-8-6-11(7-9-12)16(23)15-14(10-19)17(20)22(21-15)13-4-2-1-3-5-13/h1-9,15,21H,20H2. The number of carbonyl (C=O) groups is 1. The Bertz CT molecular complexity index is 809. The Hall–Kier alpha value is -2.81. The van der Waals surface area contributed by atoms with Gasteiger partial charge in [-0.1, -0.05) is 29.8 Å². The number of hydrogen-bond acceptors (Lipinski definition) is 5. The van der Waals surface area contributed by atoms with Gasteiger partial charge < -0.3 is 5.73 Å². The molecular formula is C17H13ClN4O. The van der Waals surface area contributed by atoms with E-state index in [4.69, 9.17) is 17.3 Å². The molecule has 0 saturated carbocycles. The molecule has 1 aliphatic heterocycles. The third kappa shape index (κ3) is 2.78. The van der Waals surface area contributed by atoms with E-state index in [1.807, 2.05) is 36.4 Å². The summed E-state index contributed by atoms with van der Waals surface area (Å²) in [7, 11) is 0. The second-order valence-corrected chi connectivity index (χ2v) is 5.45. The van der Waals surface area contributed by atoms with E-state index in [1.165, 1.54) is 0 Å². The number of carbonyl (C=O) groups excluding carboxylic acids is 1.